The van der Waals surface area contributed by atoms with Crippen LogP contribution in [-0.4, -0.2) is 5.11 Å². The molecule has 2 nitrogen and oxygen atoms in total. The van der Waals surface area contributed by atoms with Gasteiger partial charge in [0.05, 0.1) is 0 Å². The summed E-state index contributed by atoms with van der Waals surface area (Å²) in [7, 11) is 0. The van der Waals surface area contributed by atoms with Crippen molar-refractivity contribution in [3.8, 4) is 11.5 Å². The Morgan fingerprint density at radius 2 is 1.81 bits per heavy atom. The molecule has 16 heavy (non-hydrogen) atoms. The van der Waals surface area contributed by atoms with Crippen LogP contribution in [0.15, 0.2) is 48.5 Å². The molecule has 2 rings (SSSR count). The average molecular weight is 218 g/mol. The van der Waals surface area contributed by atoms with Gasteiger partial charge >= 0.3 is 0 Å². The Labute approximate surface area is 92.9 Å². The lowest BCUT2D eigenvalue weighted by Gasteiger charge is -2.06. The lowest BCUT2D eigenvalue weighted by atomic mass is 10.2. The Morgan fingerprint density at radius 1 is 1.06 bits per heavy atom. The van der Waals surface area contributed by atoms with Crippen LogP contribution < -0.4 is 4.74 Å². The molecule has 82 valence electrons. The molecule has 0 radical (unpaired) electrons. The summed E-state index contributed by atoms with van der Waals surface area (Å²) in [5.41, 5.74) is 0.879. The molecule has 0 saturated carbocycles. The summed E-state index contributed by atoms with van der Waals surface area (Å²) < 4.78 is 18.1. The van der Waals surface area contributed by atoms with E-state index in [4.69, 9.17) is 4.74 Å². The molecule has 0 saturated heterocycles. The molecule has 1 N–H and O–H groups in total. The second-order valence-corrected chi connectivity index (χ2v) is 3.41. The normalized spacial score (nSPS) is 10.1. The molecule has 0 heterocycles. The van der Waals surface area contributed by atoms with E-state index in [0.717, 1.165) is 5.56 Å². The Bertz CT molecular complexity index is 466. The zero-order valence-corrected chi connectivity index (χ0v) is 8.56. The van der Waals surface area contributed by atoms with Crippen molar-refractivity contribution in [2.24, 2.45) is 0 Å². The summed E-state index contributed by atoms with van der Waals surface area (Å²) >= 11 is 0. The van der Waals surface area contributed by atoms with Crippen molar-refractivity contribution in [2.45, 2.75) is 6.61 Å². The van der Waals surface area contributed by atoms with Crippen molar-refractivity contribution in [3.63, 3.8) is 0 Å². The maximum atomic E-state index is 12.6. The van der Waals surface area contributed by atoms with Crippen molar-refractivity contribution in [1.29, 1.82) is 0 Å². The highest BCUT2D eigenvalue weighted by molar-refractivity contribution is 5.32. The Balaban J connectivity index is 1.99. The topological polar surface area (TPSA) is 29.5 Å². The van der Waals surface area contributed by atoms with E-state index in [0.29, 0.717) is 12.4 Å². The van der Waals surface area contributed by atoms with Crippen LogP contribution in [0.25, 0.3) is 0 Å². The molecule has 0 unspecified atom stereocenters. The van der Waals surface area contributed by atoms with E-state index in [1.165, 1.54) is 18.2 Å². The van der Waals surface area contributed by atoms with E-state index >= 15 is 0 Å². The Kier molecular flexibility index (Phi) is 3.05. The predicted molar refractivity (Wildman–Crippen MR) is 58.8 cm³/mol. The minimum Gasteiger partial charge on any atom is -0.508 e. The zero-order chi connectivity index (χ0) is 11.4. The number of benzene rings is 2. The molecule has 0 atom stereocenters. The number of ether oxygens (including phenoxy) is 1. The first kappa shape index (κ1) is 10.5. The average Bonchev–Trinajstić information content (AvgIpc) is 2.28. The largest absolute Gasteiger partial charge is 0.508 e. The number of phenolic OH excluding ortho intramolecular Hbond substituents is 1. The van der Waals surface area contributed by atoms with Gasteiger partial charge in [-0.05, 0) is 29.8 Å². The molecule has 0 aromatic heterocycles. The van der Waals surface area contributed by atoms with Crippen molar-refractivity contribution >= 4 is 0 Å². The zero-order valence-electron chi connectivity index (χ0n) is 8.56. The van der Waals surface area contributed by atoms with Gasteiger partial charge in [-0.1, -0.05) is 18.2 Å². The molecule has 0 amide bonds. The molecule has 0 fully saturated rings. The molecule has 0 aliphatic heterocycles. The monoisotopic (exact) mass is 218 g/mol. The summed E-state index contributed by atoms with van der Waals surface area (Å²) in [5, 5.41) is 9.22. The first-order valence-electron chi connectivity index (χ1n) is 4.90. The standard InChI is InChI=1S/C13H11FO2/c14-11-6-4-10(5-7-11)9-16-13-3-1-2-12(15)8-13/h1-8,15H,9H2. The predicted octanol–water partition coefficient (Wildman–Crippen LogP) is 3.11. The van der Waals surface area contributed by atoms with Crippen LogP contribution in [-0.2, 0) is 6.61 Å². The van der Waals surface area contributed by atoms with Crippen molar-refractivity contribution in [2.75, 3.05) is 0 Å². The fourth-order valence-corrected chi connectivity index (χ4v) is 1.32. The molecule has 0 aliphatic rings. The van der Waals surface area contributed by atoms with Gasteiger partial charge in [-0.2, -0.15) is 0 Å². The van der Waals surface area contributed by atoms with Gasteiger partial charge < -0.3 is 9.84 Å². The van der Waals surface area contributed by atoms with E-state index < -0.39 is 0 Å². The van der Waals surface area contributed by atoms with Crippen LogP contribution in [0.4, 0.5) is 4.39 Å². The quantitative estimate of drug-likeness (QED) is 0.857. The molecule has 0 aliphatic carbocycles. The van der Waals surface area contributed by atoms with Crippen molar-refractivity contribution in [3.05, 3.63) is 59.9 Å². The Hall–Kier alpha value is -2.03. The molecule has 0 spiro atoms. The molecule has 3 heteroatoms. The SMILES string of the molecule is Oc1cccc(OCc2ccc(F)cc2)c1. The maximum absolute atomic E-state index is 12.6. The van der Waals surface area contributed by atoms with E-state index in [2.05, 4.69) is 0 Å². The van der Waals surface area contributed by atoms with Crippen molar-refractivity contribution < 1.29 is 14.2 Å². The minimum absolute atomic E-state index is 0.164. The van der Waals surface area contributed by atoms with Crippen LogP contribution in [0.1, 0.15) is 5.56 Å². The van der Waals surface area contributed by atoms with E-state index in [-0.39, 0.29) is 11.6 Å². The van der Waals surface area contributed by atoms with Gasteiger partial charge in [0.15, 0.2) is 0 Å². The molecule has 0 bridgehead atoms. The first-order chi connectivity index (χ1) is 7.74. The van der Waals surface area contributed by atoms with Gasteiger partial charge in [-0.3, -0.25) is 0 Å². The lowest BCUT2D eigenvalue weighted by molar-refractivity contribution is 0.304. The van der Waals surface area contributed by atoms with Gasteiger partial charge in [0.1, 0.15) is 23.9 Å². The van der Waals surface area contributed by atoms with Gasteiger partial charge in [-0.25, -0.2) is 4.39 Å². The maximum Gasteiger partial charge on any atom is 0.123 e. The third-order valence-corrected chi connectivity index (χ3v) is 2.14. The summed E-state index contributed by atoms with van der Waals surface area (Å²) in [6.45, 7) is 0.351. The number of rotatable bonds is 3. The molecule has 2 aromatic rings. The number of phenols is 1. The van der Waals surface area contributed by atoms with E-state index in [1.54, 1.807) is 30.3 Å². The van der Waals surface area contributed by atoms with Gasteiger partial charge in [0, 0.05) is 6.07 Å². The van der Waals surface area contributed by atoms with Gasteiger partial charge in [0.2, 0.25) is 0 Å². The smallest absolute Gasteiger partial charge is 0.123 e. The first-order valence-corrected chi connectivity index (χ1v) is 4.90. The summed E-state index contributed by atoms with van der Waals surface area (Å²) in [6, 6.07) is 12.7. The highest BCUT2D eigenvalue weighted by Gasteiger charge is 1.97. The van der Waals surface area contributed by atoms with Crippen LogP contribution in [0.5, 0.6) is 11.5 Å². The highest BCUT2D eigenvalue weighted by atomic mass is 19.1. The minimum atomic E-state index is -0.263. The second kappa shape index (κ2) is 4.66. The van der Waals surface area contributed by atoms with E-state index in [1.807, 2.05) is 0 Å². The van der Waals surface area contributed by atoms with Gasteiger partial charge in [-0.15, -0.1) is 0 Å². The fourth-order valence-electron chi connectivity index (χ4n) is 1.32. The molecular weight excluding hydrogens is 207 g/mol. The van der Waals surface area contributed by atoms with Gasteiger partial charge in [0.25, 0.3) is 0 Å². The van der Waals surface area contributed by atoms with Crippen molar-refractivity contribution in [1.82, 2.24) is 0 Å². The number of hydrogen-bond acceptors (Lipinski definition) is 2. The number of hydrogen-bond donors (Lipinski definition) is 1. The van der Waals surface area contributed by atoms with Crippen LogP contribution >= 0.6 is 0 Å². The molecule has 2 aromatic carbocycles. The summed E-state index contributed by atoms with van der Waals surface area (Å²) in [6.07, 6.45) is 0. The third-order valence-electron chi connectivity index (χ3n) is 2.14. The lowest BCUT2D eigenvalue weighted by Crippen LogP contribution is -1.95. The molecular formula is C13H11FO2. The Morgan fingerprint density at radius 3 is 2.50 bits per heavy atom. The number of halogens is 1. The van der Waals surface area contributed by atoms with Crippen LogP contribution in [0.2, 0.25) is 0 Å². The van der Waals surface area contributed by atoms with E-state index in [9.17, 15) is 9.50 Å². The van der Waals surface area contributed by atoms with Crippen LogP contribution in [0, 0.1) is 5.82 Å². The second-order valence-electron chi connectivity index (χ2n) is 3.41. The van der Waals surface area contributed by atoms with Crippen LogP contribution in [0.3, 0.4) is 0 Å². The third kappa shape index (κ3) is 2.73. The number of aromatic hydroxyl groups is 1. The summed E-state index contributed by atoms with van der Waals surface area (Å²) in [4.78, 5) is 0. The fraction of sp³-hybridized carbons (Fsp3) is 0.0769. The summed E-state index contributed by atoms with van der Waals surface area (Å²) in [5.74, 6) is 0.488. The highest BCUT2D eigenvalue weighted by Crippen LogP contribution is 2.18.